The number of pyridine rings is 1. The maximum atomic E-state index is 15.6. The molecule has 0 amide bonds. The molecule has 9 nitrogen and oxygen atoms in total. The van der Waals surface area contributed by atoms with E-state index in [1.54, 1.807) is 44.5 Å². The molecule has 0 radical (unpaired) electrons. The van der Waals surface area contributed by atoms with Crippen molar-refractivity contribution in [2.75, 3.05) is 6.61 Å². The Morgan fingerprint density at radius 1 is 1.13 bits per heavy atom. The fourth-order valence-electron chi connectivity index (χ4n) is 5.72. The Bertz CT molecular complexity index is 1900. The van der Waals surface area contributed by atoms with Gasteiger partial charge in [0.15, 0.2) is 23.3 Å². The van der Waals surface area contributed by atoms with E-state index in [9.17, 15) is 9.90 Å². The number of hydrogen-bond donors (Lipinski definition) is 1. The summed E-state index contributed by atoms with van der Waals surface area (Å²) in [6.45, 7) is 9.81. The van der Waals surface area contributed by atoms with Gasteiger partial charge in [-0.3, -0.25) is 0 Å². The third-order valence-electron chi connectivity index (χ3n) is 7.74. The molecule has 2 aromatic carbocycles. The Morgan fingerprint density at radius 2 is 1.91 bits per heavy atom. The molecule has 0 saturated heterocycles. The fourth-order valence-corrected chi connectivity index (χ4v) is 5.72. The molecule has 10 heteroatoms. The number of ether oxygens (including phenoxy) is 3. The van der Waals surface area contributed by atoms with Gasteiger partial charge in [-0.2, -0.15) is 5.10 Å². The van der Waals surface area contributed by atoms with Crippen molar-refractivity contribution in [3.63, 3.8) is 0 Å². The monoisotopic (exact) mass is 610 g/mol. The van der Waals surface area contributed by atoms with Crippen molar-refractivity contribution in [1.82, 2.24) is 19.6 Å². The molecule has 6 rings (SSSR count). The Morgan fingerprint density at radius 3 is 2.64 bits per heavy atom. The summed E-state index contributed by atoms with van der Waals surface area (Å²) in [7, 11) is 0. The molecule has 1 atom stereocenters. The van der Waals surface area contributed by atoms with Gasteiger partial charge in [0.2, 0.25) is 5.88 Å². The normalized spacial score (nSPS) is 13.7. The summed E-state index contributed by atoms with van der Waals surface area (Å²) in [5, 5.41) is 15.3. The summed E-state index contributed by atoms with van der Waals surface area (Å²) in [4.78, 5) is 21.9. The van der Waals surface area contributed by atoms with E-state index in [0.29, 0.717) is 59.4 Å². The molecule has 45 heavy (non-hydrogen) atoms. The zero-order valence-corrected chi connectivity index (χ0v) is 25.9. The maximum Gasteiger partial charge on any atom is 0.337 e. The smallest absolute Gasteiger partial charge is 0.337 e. The van der Waals surface area contributed by atoms with Gasteiger partial charge in [-0.15, -0.1) is 0 Å². The Kier molecular flexibility index (Phi) is 8.01. The fraction of sp³-hybridized carbons (Fsp3) is 0.314. The highest BCUT2D eigenvalue weighted by atomic mass is 19.1. The van der Waals surface area contributed by atoms with Crippen molar-refractivity contribution < 1.29 is 28.5 Å². The minimum atomic E-state index is -1.39. The van der Waals surface area contributed by atoms with Crippen LogP contribution in [0.5, 0.6) is 11.6 Å². The minimum Gasteiger partial charge on any atom is -0.490 e. The van der Waals surface area contributed by atoms with Crippen LogP contribution in [0.2, 0.25) is 0 Å². The first kappa shape index (κ1) is 30.2. The average Bonchev–Trinajstić information content (AvgIpc) is 3.44. The Hall–Kier alpha value is -4.83. The summed E-state index contributed by atoms with van der Waals surface area (Å²) < 4.78 is 35.0. The highest BCUT2D eigenvalue weighted by molar-refractivity contribution is 5.82. The number of carbonyl (C=O) groups is 1. The van der Waals surface area contributed by atoms with Crippen LogP contribution in [0.3, 0.4) is 0 Å². The molecule has 4 heterocycles. The molecule has 1 aliphatic rings. The molecule has 3 aromatic heterocycles. The number of rotatable bonds is 8. The number of carboxylic acids is 1. The summed E-state index contributed by atoms with van der Waals surface area (Å²) in [6.07, 6.45) is 1.65. The summed E-state index contributed by atoms with van der Waals surface area (Å²) >= 11 is 0. The molecular formula is C35H35FN4O5. The topological polar surface area (TPSA) is 108 Å². The lowest BCUT2D eigenvalue weighted by Crippen LogP contribution is -2.29. The molecule has 5 aromatic rings. The zero-order valence-electron chi connectivity index (χ0n) is 25.9. The van der Waals surface area contributed by atoms with E-state index in [-0.39, 0.29) is 5.75 Å². The van der Waals surface area contributed by atoms with Crippen LogP contribution in [0.1, 0.15) is 61.2 Å². The molecule has 232 valence electrons. The van der Waals surface area contributed by atoms with Crippen molar-refractivity contribution in [3.05, 3.63) is 94.6 Å². The van der Waals surface area contributed by atoms with Crippen LogP contribution in [-0.2, 0) is 22.6 Å². The van der Waals surface area contributed by atoms with E-state index >= 15 is 4.39 Å². The standard InChI is InChI=1S/C35H35FN4O5/c1-20-24-12-9-15-43-32(24)26(36)17-25(20)31-30(33(34(41)42)45-35(3,4)5)21(2)38-28-18-27(39-40(28)31)23-13-14-37-29(16-23)44-19-22-10-7-6-8-11-22/h6-8,10-11,13-14,16-18,33H,9,12,15,19H2,1-5H3,(H,41,42). The quantitative estimate of drug-likeness (QED) is 0.199. The summed E-state index contributed by atoms with van der Waals surface area (Å²) in [5.74, 6) is -1.02. The van der Waals surface area contributed by atoms with Gasteiger partial charge >= 0.3 is 5.97 Å². The number of aryl methyl sites for hydroxylation is 1. The van der Waals surface area contributed by atoms with Gasteiger partial charge in [0.1, 0.15) is 6.61 Å². The molecule has 0 bridgehead atoms. The van der Waals surface area contributed by atoms with Crippen LogP contribution in [0.15, 0.2) is 60.8 Å². The van der Waals surface area contributed by atoms with Crippen molar-refractivity contribution in [2.24, 2.45) is 0 Å². The first-order valence-corrected chi connectivity index (χ1v) is 14.9. The molecule has 1 N–H and O–H groups in total. The predicted molar refractivity (Wildman–Crippen MR) is 167 cm³/mol. The molecule has 0 spiro atoms. The van der Waals surface area contributed by atoms with Crippen molar-refractivity contribution in [1.29, 1.82) is 0 Å². The van der Waals surface area contributed by atoms with Crippen molar-refractivity contribution in [2.45, 2.75) is 65.8 Å². The van der Waals surface area contributed by atoms with Crippen LogP contribution in [0, 0.1) is 19.7 Å². The predicted octanol–water partition coefficient (Wildman–Crippen LogP) is 7.06. The SMILES string of the molecule is Cc1nc2cc(-c3ccnc(OCc4ccccc4)c3)nn2c(-c2cc(F)c3c(c2C)CCCO3)c1C(OC(C)(C)C)C(=O)O. The summed E-state index contributed by atoms with van der Waals surface area (Å²) in [6, 6.07) is 16.6. The number of aliphatic carboxylic acids is 1. The first-order valence-electron chi connectivity index (χ1n) is 14.9. The number of benzene rings is 2. The van der Waals surface area contributed by atoms with E-state index < -0.39 is 23.5 Å². The van der Waals surface area contributed by atoms with Gasteiger partial charge in [-0.25, -0.2) is 23.7 Å². The number of fused-ring (bicyclic) bond motifs is 2. The number of nitrogens with zero attached hydrogens (tertiary/aromatic N) is 4. The van der Waals surface area contributed by atoms with Gasteiger partial charge in [0.05, 0.1) is 23.6 Å². The average molecular weight is 611 g/mol. The van der Waals surface area contributed by atoms with Crippen LogP contribution < -0.4 is 9.47 Å². The lowest BCUT2D eigenvalue weighted by molar-refractivity contribution is -0.160. The van der Waals surface area contributed by atoms with Crippen molar-refractivity contribution >= 4 is 11.6 Å². The Labute approximate surface area is 260 Å². The third-order valence-corrected chi connectivity index (χ3v) is 7.74. The van der Waals surface area contributed by atoms with E-state index in [1.165, 1.54) is 6.07 Å². The van der Waals surface area contributed by atoms with Crippen LogP contribution in [-0.4, -0.2) is 42.9 Å². The second-order valence-corrected chi connectivity index (χ2v) is 12.2. The number of hydrogen-bond acceptors (Lipinski definition) is 7. The molecule has 0 fully saturated rings. The molecule has 0 saturated carbocycles. The highest BCUT2D eigenvalue weighted by Gasteiger charge is 2.34. The van der Waals surface area contributed by atoms with Crippen LogP contribution in [0.4, 0.5) is 4.39 Å². The lowest BCUT2D eigenvalue weighted by Gasteiger charge is -2.28. The van der Waals surface area contributed by atoms with Gasteiger partial charge in [0.25, 0.3) is 0 Å². The first-order chi connectivity index (χ1) is 21.5. The highest BCUT2D eigenvalue weighted by Crippen LogP contribution is 2.42. The molecule has 1 aliphatic heterocycles. The zero-order chi connectivity index (χ0) is 31.9. The number of aromatic nitrogens is 4. The van der Waals surface area contributed by atoms with E-state index in [4.69, 9.17) is 24.3 Å². The van der Waals surface area contributed by atoms with Gasteiger partial charge in [-0.05, 0) is 70.7 Å². The lowest BCUT2D eigenvalue weighted by atomic mass is 9.91. The van der Waals surface area contributed by atoms with Crippen LogP contribution in [0.25, 0.3) is 28.2 Å². The van der Waals surface area contributed by atoms with Crippen LogP contribution >= 0.6 is 0 Å². The van der Waals surface area contributed by atoms with Gasteiger partial charge < -0.3 is 19.3 Å². The largest absolute Gasteiger partial charge is 0.490 e. The van der Waals surface area contributed by atoms with Crippen molar-refractivity contribution in [3.8, 4) is 34.1 Å². The van der Waals surface area contributed by atoms with E-state index in [1.807, 2.05) is 49.4 Å². The van der Waals surface area contributed by atoms with E-state index in [0.717, 1.165) is 28.7 Å². The Balaban J connectivity index is 1.54. The van der Waals surface area contributed by atoms with Gasteiger partial charge in [-0.1, -0.05) is 30.3 Å². The second kappa shape index (κ2) is 11.9. The number of halogens is 1. The summed E-state index contributed by atoms with van der Waals surface area (Å²) in [5.41, 5.74) is 5.18. The third kappa shape index (κ3) is 6.10. The minimum absolute atomic E-state index is 0.243. The second-order valence-electron chi connectivity index (χ2n) is 12.2. The maximum absolute atomic E-state index is 15.6. The van der Waals surface area contributed by atoms with E-state index in [2.05, 4.69) is 4.98 Å². The molecular weight excluding hydrogens is 575 g/mol. The van der Waals surface area contributed by atoms with Gasteiger partial charge in [0, 0.05) is 46.3 Å². The number of carboxylic acid groups (broad SMARTS) is 1. The molecule has 0 aliphatic carbocycles. The molecule has 1 unspecified atom stereocenters.